The van der Waals surface area contributed by atoms with Gasteiger partial charge < -0.3 is 10.1 Å². The first kappa shape index (κ1) is 12.4. The normalized spacial score (nSPS) is 12.7. The number of nitrogens with one attached hydrogen (secondary N) is 1. The number of hydrogen-bond donors (Lipinski definition) is 1. The third kappa shape index (κ3) is 4.60. The van der Waals surface area contributed by atoms with Gasteiger partial charge >= 0.3 is 0 Å². The van der Waals surface area contributed by atoms with E-state index in [4.69, 9.17) is 16.3 Å². The molecular formula is C11H17ClN2O. The van der Waals surface area contributed by atoms with Gasteiger partial charge in [-0.1, -0.05) is 17.7 Å². The summed E-state index contributed by atoms with van der Waals surface area (Å²) in [4.78, 5) is 4.02. The molecule has 0 aliphatic rings. The molecule has 0 aromatic carbocycles. The highest BCUT2D eigenvalue weighted by Gasteiger charge is 2.03. The van der Waals surface area contributed by atoms with Crippen LogP contribution < -0.4 is 5.32 Å². The van der Waals surface area contributed by atoms with Crippen molar-refractivity contribution >= 4 is 11.6 Å². The lowest BCUT2D eigenvalue weighted by Gasteiger charge is -2.13. The van der Waals surface area contributed by atoms with Crippen molar-refractivity contribution in [2.45, 2.75) is 25.9 Å². The van der Waals surface area contributed by atoms with Gasteiger partial charge in [0.1, 0.15) is 5.15 Å². The molecule has 15 heavy (non-hydrogen) atoms. The van der Waals surface area contributed by atoms with Crippen LogP contribution in [-0.4, -0.2) is 24.7 Å². The number of ether oxygens (including phenoxy) is 1. The van der Waals surface area contributed by atoms with E-state index >= 15 is 0 Å². The van der Waals surface area contributed by atoms with Gasteiger partial charge in [-0.05, 0) is 19.4 Å². The average Bonchev–Trinajstić information content (AvgIpc) is 2.25. The Morgan fingerprint density at radius 2 is 2.40 bits per heavy atom. The molecule has 0 saturated heterocycles. The van der Waals surface area contributed by atoms with Crippen LogP contribution >= 0.6 is 11.6 Å². The standard InChI is InChI=1S/C11H17ClN2O/c1-9(5-7-15-2)14-8-10-4-3-6-13-11(10)12/h3-4,6,9,14H,5,7-8H2,1-2H3. The van der Waals surface area contributed by atoms with Crippen LogP contribution in [0, 0.1) is 0 Å². The number of halogens is 1. The van der Waals surface area contributed by atoms with E-state index in [1.807, 2.05) is 12.1 Å². The van der Waals surface area contributed by atoms with Gasteiger partial charge in [-0.15, -0.1) is 0 Å². The predicted octanol–water partition coefficient (Wildman–Crippen LogP) is 2.25. The Bertz CT molecular complexity index is 294. The highest BCUT2D eigenvalue weighted by Crippen LogP contribution is 2.11. The zero-order valence-corrected chi connectivity index (χ0v) is 9.92. The molecule has 0 spiro atoms. The molecule has 3 nitrogen and oxygen atoms in total. The Morgan fingerprint density at radius 3 is 3.07 bits per heavy atom. The SMILES string of the molecule is COCCC(C)NCc1cccnc1Cl. The second kappa shape index (κ2) is 6.77. The molecular weight excluding hydrogens is 212 g/mol. The van der Waals surface area contributed by atoms with E-state index in [0.29, 0.717) is 11.2 Å². The Hall–Kier alpha value is -0.640. The smallest absolute Gasteiger partial charge is 0.133 e. The van der Waals surface area contributed by atoms with Crippen LogP contribution in [0.15, 0.2) is 18.3 Å². The van der Waals surface area contributed by atoms with Crippen molar-refractivity contribution < 1.29 is 4.74 Å². The molecule has 0 amide bonds. The molecule has 4 heteroatoms. The van der Waals surface area contributed by atoms with Crippen molar-refractivity contribution in [3.8, 4) is 0 Å². The summed E-state index contributed by atoms with van der Waals surface area (Å²) < 4.78 is 5.01. The van der Waals surface area contributed by atoms with Crippen LogP contribution in [0.3, 0.4) is 0 Å². The average molecular weight is 229 g/mol. The Labute approximate surface area is 95.8 Å². The van der Waals surface area contributed by atoms with Gasteiger partial charge in [0.2, 0.25) is 0 Å². The minimum atomic E-state index is 0.418. The number of methoxy groups -OCH3 is 1. The van der Waals surface area contributed by atoms with Crippen LogP contribution in [0.2, 0.25) is 5.15 Å². The molecule has 1 aromatic heterocycles. The summed E-state index contributed by atoms with van der Waals surface area (Å²) in [7, 11) is 1.71. The van der Waals surface area contributed by atoms with E-state index in [2.05, 4.69) is 17.2 Å². The molecule has 0 aliphatic heterocycles. The molecule has 1 heterocycles. The summed E-state index contributed by atoms with van der Waals surface area (Å²) in [5.41, 5.74) is 1.03. The number of nitrogens with zero attached hydrogens (tertiary/aromatic N) is 1. The number of pyridine rings is 1. The van der Waals surface area contributed by atoms with Gasteiger partial charge in [0.25, 0.3) is 0 Å². The van der Waals surface area contributed by atoms with Gasteiger partial charge in [-0.2, -0.15) is 0 Å². The van der Waals surface area contributed by atoms with E-state index in [1.54, 1.807) is 13.3 Å². The quantitative estimate of drug-likeness (QED) is 0.759. The largest absolute Gasteiger partial charge is 0.385 e. The highest BCUT2D eigenvalue weighted by molar-refractivity contribution is 6.30. The third-order valence-corrected chi connectivity index (χ3v) is 2.57. The highest BCUT2D eigenvalue weighted by atomic mass is 35.5. The maximum absolute atomic E-state index is 5.94. The predicted molar refractivity (Wildman–Crippen MR) is 62.0 cm³/mol. The number of hydrogen-bond acceptors (Lipinski definition) is 3. The molecule has 0 bridgehead atoms. The summed E-state index contributed by atoms with van der Waals surface area (Å²) in [6, 6.07) is 4.29. The summed E-state index contributed by atoms with van der Waals surface area (Å²) in [5, 5.41) is 3.94. The molecule has 0 saturated carbocycles. The van der Waals surface area contributed by atoms with Crippen molar-refractivity contribution in [3.63, 3.8) is 0 Å². The lowest BCUT2D eigenvalue weighted by Crippen LogP contribution is -2.26. The zero-order valence-electron chi connectivity index (χ0n) is 9.16. The monoisotopic (exact) mass is 228 g/mol. The molecule has 0 aliphatic carbocycles. The molecule has 1 unspecified atom stereocenters. The number of rotatable bonds is 6. The molecule has 1 atom stereocenters. The van der Waals surface area contributed by atoms with E-state index < -0.39 is 0 Å². The van der Waals surface area contributed by atoms with Crippen molar-refractivity contribution in [1.82, 2.24) is 10.3 Å². The van der Waals surface area contributed by atoms with Gasteiger partial charge in [0.15, 0.2) is 0 Å². The first-order valence-corrected chi connectivity index (χ1v) is 5.43. The van der Waals surface area contributed by atoms with E-state index in [1.165, 1.54) is 0 Å². The second-order valence-electron chi connectivity index (χ2n) is 3.52. The molecule has 0 radical (unpaired) electrons. The fourth-order valence-electron chi connectivity index (χ4n) is 1.23. The van der Waals surface area contributed by atoms with Gasteiger partial charge in [0.05, 0.1) is 0 Å². The van der Waals surface area contributed by atoms with Crippen LogP contribution in [0.4, 0.5) is 0 Å². The first-order valence-electron chi connectivity index (χ1n) is 5.05. The van der Waals surface area contributed by atoms with Gasteiger partial charge in [-0.25, -0.2) is 4.98 Å². The third-order valence-electron chi connectivity index (χ3n) is 2.23. The minimum absolute atomic E-state index is 0.418. The maximum atomic E-state index is 5.94. The van der Waals surface area contributed by atoms with Gasteiger partial charge in [-0.3, -0.25) is 0 Å². The van der Waals surface area contributed by atoms with Crippen LogP contribution in [-0.2, 0) is 11.3 Å². The van der Waals surface area contributed by atoms with Crippen molar-refractivity contribution in [1.29, 1.82) is 0 Å². The van der Waals surface area contributed by atoms with E-state index in [-0.39, 0.29) is 0 Å². The van der Waals surface area contributed by atoms with Crippen LogP contribution in [0.1, 0.15) is 18.9 Å². The van der Waals surface area contributed by atoms with Crippen molar-refractivity contribution in [2.75, 3.05) is 13.7 Å². The lowest BCUT2D eigenvalue weighted by molar-refractivity contribution is 0.184. The summed E-state index contributed by atoms with van der Waals surface area (Å²) in [6.45, 7) is 3.65. The fourth-order valence-corrected chi connectivity index (χ4v) is 1.42. The van der Waals surface area contributed by atoms with Crippen molar-refractivity contribution in [3.05, 3.63) is 29.0 Å². The molecule has 84 valence electrons. The van der Waals surface area contributed by atoms with Crippen LogP contribution in [0.25, 0.3) is 0 Å². The molecule has 0 fully saturated rings. The topological polar surface area (TPSA) is 34.1 Å². The molecule has 1 N–H and O–H groups in total. The Kier molecular flexibility index (Phi) is 5.61. The lowest BCUT2D eigenvalue weighted by atomic mass is 10.2. The summed E-state index contributed by atoms with van der Waals surface area (Å²) >= 11 is 5.94. The zero-order chi connectivity index (χ0) is 11.1. The first-order chi connectivity index (χ1) is 7.24. The summed E-state index contributed by atoms with van der Waals surface area (Å²) in [6.07, 6.45) is 2.69. The molecule has 1 rings (SSSR count). The molecule has 1 aromatic rings. The maximum Gasteiger partial charge on any atom is 0.133 e. The summed E-state index contributed by atoms with van der Waals surface area (Å²) in [5.74, 6) is 0. The Morgan fingerprint density at radius 1 is 1.60 bits per heavy atom. The number of aromatic nitrogens is 1. The van der Waals surface area contributed by atoms with Crippen LogP contribution in [0.5, 0.6) is 0 Å². The Balaban J connectivity index is 2.33. The second-order valence-corrected chi connectivity index (χ2v) is 3.87. The minimum Gasteiger partial charge on any atom is -0.385 e. The van der Waals surface area contributed by atoms with E-state index in [0.717, 1.165) is 25.1 Å². The van der Waals surface area contributed by atoms with Crippen molar-refractivity contribution in [2.24, 2.45) is 0 Å². The van der Waals surface area contributed by atoms with E-state index in [9.17, 15) is 0 Å². The van der Waals surface area contributed by atoms with Gasteiger partial charge in [0, 0.05) is 38.1 Å². The fraction of sp³-hybridized carbons (Fsp3) is 0.545.